The second-order valence-electron chi connectivity index (χ2n) is 4.43. The molecule has 0 spiro atoms. The largest absolute Gasteiger partial charge is 0.495 e. The van der Waals surface area contributed by atoms with Gasteiger partial charge in [0.2, 0.25) is 0 Å². The van der Waals surface area contributed by atoms with Crippen LogP contribution in [0.4, 0.5) is 5.69 Å². The van der Waals surface area contributed by atoms with Gasteiger partial charge >= 0.3 is 0 Å². The molecule has 1 aliphatic rings. The number of methoxy groups -OCH3 is 1. The third kappa shape index (κ3) is 2.72. The van der Waals surface area contributed by atoms with Crippen LogP contribution in [0.5, 0.6) is 5.75 Å². The predicted molar refractivity (Wildman–Crippen MR) is 68.0 cm³/mol. The monoisotopic (exact) mass is 255 g/mol. The Hall–Kier alpha value is -1.23. The maximum Gasteiger partial charge on any atom is 0.150 e. The van der Waals surface area contributed by atoms with Crippen molar-refractivity contribution in [1.82, 2.24) is 0 Å². The maximum absolute atomic E-state index is 11.4. The molecule has 2 N–H and O–H groups in total. The summed E-state index contributed by atoms with van der Waals surface area (Å²) in [7, 11) is -1.22. The minimum atomic E-state index is -2.80. The summed E-state index contributed by atoms with van der Waals surface area (Å²) >= 11 is 0. The van der Waals surface area contributed by atoms with Gasteiger partial charge in [-0.05, 0) is 36.5 Å². The summed E-state index contributed by atoms with van der Waals surface area (Å²) in [5.74, 6) is 1.52. The van der Waals surface area contributed by atoms with E-state index in [2.05, 4.69) is 0 Å². The molecular weight excluding hydrogens is 238 g/mol. The molecule has 2 rings (SSSR count). The van der Waals surface area contributed by atoms with Gasteiger partial charge in [0.15, 0.2) is 0 Å². The molecule has 1 heterocycles. The topological polar surface area (TPSA) is 69.4 Å². The lowest BCUT2D eigenvalue weighted by Gasteiger charge is -2.22. The van der Waals surface area contributed by atoms with Crippen LogP contribution in [0.2, 0.25) is 0 Å². The summed E-state index contributed by atoms with van der Waals surface area (Å²) in [6.45, 7) is 0. The molecule has 0 unspecified atom stereocenters. The van der Waals surface area contributed by atoms with E-state index in [1.165, 1.54) is 0 Å². The molecule has 1 aliphatic heterocycles. The van der Waals surface area contributed by atoms with Crippen molar-refractivity contribution in [3.8, 4) is 5.75 Å². The van der Waals surface area contributed by atoms with E-state index in [9.17, 15) is 8.42 Å². The lowest BCUT2D eigenvalue weighted by atomic mass is 9.93. The third-order valence-corrected chi connectivity index (χ3v) is 5.00. The van der Waals surface area contributed by atoms with Gasteiger partial charge in [0.1, 0.15) is 15.6 Å². The molecule has 94 valence electrons. The number of sulfone groups is 1. The Kier molecular flexibility index (Phi) is 3.28. The molecule has 0 amide bonds. The molecule has 17 heavy (non-hydrogen) atoms. The number of ether oxygens (including phenoxy) is 1. The quantitative estimate of drug-likeness (QED) is 0.814. The van der Waals surface area contributed by atoms with Crippen LogP contribution < -0.4 is 10.5 Å². The van der Waals surface area contributed by atoms with Crippen LogP contribution in [-0.4, -0.2) is 27.0 Å². The molecule has 0 aromatic heterocycles. The SMILES string of the molecule is COc1ccc(C2CCS(=O)(=O)CC2)cc1N. The number of rotatable bonds is 2. The first-order valence-electron chi connectivity index (χ1n) is 5.65. The number of hydrogen-bond donors (Lipinski definition) is 1. The zero-order chi connectivity index (χ0) is 12.5. The number of benzene rings is 1. The van der Waals surface area contributed by atoms with E-state index in [1.807, 2.05) is 18.2 Å². The van der Waals surface area contributed by atoms with Crippen molar-refractivity contribution in [1.29, 1.82) is 0 Å². The summed E-state index contributed by atoms with van der Waals surface area (Å²) in [6, 6.07) is 5.70. The Morgan fingerprint density at radius 1 is 1.29 bits per heavy atom. The first-order valence-corrected chi connectivity index (χ1v) is 7.48. The number of nitrogen functional groups attached to an aromatic ring is 1. The highest BCUT2D eigenvalue weighted by atomic mass is 32.2. The molecule has 1 fully saturated rings. The van der Waals surface area contributed by atoms with Crippen LogP contribution in [0.15, 0.2) is 18.2 Å². The highest BCUT2D eigenvalue weighted by molar-refractivity contribution is 7.91. The molecule has 0 radical (unpaired) electrons. The van der Waals surface area contributed by atoms with Gasteiger partial charge in [0, 0.05) is 0 Å². The van der Waals surface area contributed by atoms with Crippen LogP contribution in [-0.2, 0) is 9.84 Å². The smallest absolute Gasteiger partial charge is 0.150 e. The second kappa shape index (κ2) is 4.56. The Bertz CT molecular complexity index is 496. The first kappa shape index (κ1) is 12.2. The lowest BCUT2D eigenvalue weighted by Crippen LogP contribution is -2.22. The van der Waals surface area contributed by atoms with Crippen LogP contribution >= 0.6 is 0 Å². The van der Waals surface area contributed by atoms with E-state index in [-0.39, 0.29) is 11.5 Å². The van der Waals surface area contributed by atoms with Gasteiger partial charge in [-0.3, -0.25) is 0 Å². The molecule has 4 nitrogen and oxygen atoms in total. The Labute approximate surface area is 102 Å². The Balaban J connectivity index is 2.16. The van der Waals surface area contributed by atoms with Gasteiger partial charge < -0.3 is 10.5 Å². The average molecular weight is 255 g/mol. The Morgan fingerprint density at radius 2 is 1.94 bits per heavy atom. The number of anilines is 1. The van der Waals surface area contributed by atoms with Crippen molar-refractivity contribution < 1.29 is 13.2 Å². The fourth-order valence-corrected chi connectivity index (χ4v) is 3.72. The fourth-order valence-electron chi connectivity index (χ4n) is 2.23. The van der Waals surface area contributed by atoms with E-state index < -0.39 is 9.84 Å². The highest BCUT2D eigenvalue weighted by Crippen LogP contribution is 2.32. The standard InChI is InChI=1S/C12H17NO3S/c1-16-12-3-2-10(8-11(12)13)9-4-6-17(14,15)7-5-9/h2-3,8-9H,4-7,13H2,1H3. The normalized spacial score (nSPS) is 20.1. The highest BCUT2D eigenvalue weighted by Gasteiger charge is 2.24. The van der Waals surface area contributed by atoms with Crippen LogP contribution in [0, 0.1) is 0 Å². The third-order valence-electron chi connectivity index (χ3n) is 3.28. The molecule has 1 aromatic rings. The van der Waals surface area contributed by atoms with E-state index in [0.717, 1.165) is 5.56 Å². The summed E-state index contributed by atoms with van der Waals surface area (Å²) in [5, 5.41) is 0. The molecule has 0 aliphatic carbocycles. The van der Waals surface area contributed by atoms with E-state index in [0.29, 0.717) is 30.2 Å². The van der Waals surface area contributed by atoms with E-state index in [1.54, 1.807) is 7.11 Å². The van der Waals surface area contributed by atoms with Crippen molar-refractivity contribution >= 4 is 15.5 Å². The molecule has 5 heteroatoms. The van der Waals surface area contributed by atoms with Gasteiger partial charge in [-0.15, -0.1) is 0 Å². The van der Waals surface area contributed by atoms with Gasteiger partial charge in [-0.1, -0.05) is 6.07 Å². The van der Waals surface area contributed by atoms with Crippen molar-refractivity contribution in [3.63, 3.8) is 0 Å². The molecular formula is C12H17NO3S. The van der Waals surface area contributed by atoms with Crippen LogP contribution in [0.25, 0.3) is 0 Å². The summed E-state index contributed by atoms with van der Waals surface area (Å²) in [5.41, 5.74) is 7.57. The Morgan fingerprint density at radius 3 is 2.47 bits per heavy atom. The summed E-state index contributed by atoms with van der Waals surface area (Å²) < 4.78 is 27.8. The minimum absolute atomic E-state index is 0.281. The number of nitrogens with two attached hydrogens (primary N) is 1. The maximum atomic E-state index is 11.4. The molecule has 0 atom stereocenters. The number of hydrogen-bond acceptors (Lipinski definition) is 4. The zero-order valence-corrected chi connectivity index (χ0v) is 10.7. The molecule has 0 bridgehead atoms. The first-order chi connectivity index (χ1) is 8.02. The van der Waals surface area contributed by atoms with Crippen molar-refractivity contribution in [2.45, 2.75) is 18.8 Å². The van der Waals surface area contributed by atoms with Crippen molar-refractivity contribution in [2.75, 3.05) is 24.3 Å². The van der Waals surface area contributed by atoms with Crippen LogP contribution in [0.1, 0.15) is 24.3 Å². The van der Waals surface area contributed by atoms with E-state index in [4.69, 9.17) is 10.5 Å². The van der Waals surface area contributed by atoms with Gasteiger partial charge in [-0.25, -0.2) is 8.42 Å². The van der Waals surface area contributed by atoms with Gasteiger partial charge in [0.25, 0.3) is 0 Å². The summed E-state index contributed by atoms with van der Waals surface area (Å²) in [6.07, 6.45) is 1.38. The molecule has 1 saturated heterocycles. The lowest BCUT2D eigenvalue weighted by molar-refractivity contribution is 0.416. The van der Waals surface area contributed by atoms with Gasteiger partial charge in [-0.2, -0.15) is 0 Å². The summed E-state index contributed by atoms with van der Waals surface area (Å²) in [4.78, 5) is 0. The zero-order valence-electron chi connectivity index (χ0n) is 9.85. The van der Waals surface area contributed by atoms with Gasteiger partial charge in [0.05, 0.1) is 24.3 Å². The van der Waals surface area contributed by atoms with Crippen molar-refractivity contribution in [3.05, 3.63) is 23.8 Å². The minimum Gasteiger partial charge on any atom is -0.495 e. The average Bonchev–Trinajstić information content (AvgIpc) is 2.29. The second-order valence-corrected chi connectivity index (χ2v) is 6.73. The molecule has 1 aromatic carbocycles. The van der Waals surface area contributed by atoms with Crippen LogP contribution in [0.3, 0.4) is 0 Å². The fraction of sp³-hybridized carbons (Fsp3) is 0.500. The van der Waals surface area contributed by atoms with Crippen molar-refractivity contribution in [2.24, 2.45) is 0 Å². The predicted octanol–water partition coefficient (Wildman–Crippen LogP) is 1.57. The van der Waals surface area contributed by atoms with E-state index >= 15 is 0 Å². The molecule has 0 saturated carbocycles.